The minimum absolute atomic E-state index is 0.235. The number of hydrogen-bond donors (Lipinski definition) is 3. The third-order valence-corrected chi connectivity index (χ3v) is 1.74. The normalized spacial score (nSPS) is 12.8. The van der Waals surface area contributed by atoms with Crippen LogP contribution in [-0.2, 0) is 9.47 Å². The van der Waals surface area contributed by atoms with Crippen molar-refractivity contribution < 1.29 is 9.47 Å². The Balaban J connectivity index is 3.40. The zero-order valence-electron chi connectivity index (χ0n) is 10.6. The fraction of sp³-hybridized carbons (Fsp3) is 0.800. The summed E-state index contributed by atoms with van der Waals surface area (Å²) in [6.45, 7) is 5.00. The molecule has 0 spiro atoms. The van der Waals surface area contributed by atoms with Crippen molar-refractivity contribution in [1.29, 1.82) is 0 Å². The van der Waals surface area contributed by atoms with E-state index in [9.17, 15) is 0 Å². The molecular formula is C10H23N5O2. The van der Waals surface area contributed by atoms with Crippen molar-refractivity contribution in [3.8, 4) is 0 Å². The lowest BCUT2D eigenvalue weighted by atomic mass is 10.5. The molecule has 0 saturated carbocycles. The molecule has 0 unspecified atom stereocenters. The molecule has 7 heteroatoms. The Morgan fingerprint density at radius 3 is 2.29 bits per heavy atom. The summed E-state index contributed by atoms with van der Waals surface area (Å²) < 4.78 is 10.5. The summed E-state index contributed by atoms with van der Waals surface area (Å²) in [5.74, 6) is 0.471. The van der Waals surface area contributed by atoms with Crippen LogP contribution in [0.15, 0.2) is 9.98 Å². The van der Waals surface area contributed by atoms with Gasteiger partial charge in [0, 0.05) is 13.7 Å². The van der Waals surface area contributed by atoms with Crippen molar-refractivity contribution >= 4 is 11.9 Å². The largest absolute Gasteiger partial charge is 0.379 e. The molecule has 0 aliphatic heterocycles. The van der Waals surface area contributed by atoms with E-state index >= 15 is 0 Å². The number of nitrogens with two attached hydrogens (primary N) is 2. The van der Waals surface area contributed by atoms with Crippen LogP contribution in [0.25, 0.3) is 0 Å². The number of guanidine groups is 2. The predicted octanol–water partition coefficient (Wildman–Crippen LogP) is -0.722. The van der Waals surface area contributed by atoms with Crippen LogP contribution in [0.5, 0.6) is 0 Å². The highest BCUT2D eigenvalue weighted by Crippen LogP contribution is 1.82. The van der Waals surface area contributed by atoms with Gasteiger partial charge in [-0.25, -0.2) is 0 Å². The van der Waals surface area contributed by atoms with E-state index in [1.807, 2.05) is 0 Å². The second-order valence-corrected chi connectivity index (χ2v) is 3.23. The maximum absolute atomic E-state index is 5.53. The average Bonchev–Trinajstić information content (AvgIpc) is 2.32. The van der Waals surface area contributed by atoms with E-state index in [1.165, 1.54) is 0 Å². The number of rotatable bonds is 8. The Labute approximate surface area is 102 Å². The molecule has 7 nitrogen and oxygen atoms in total. The number of aliphatic imine (C=N–C) groups is 2. The smallest absolute Gasteiger partial charge is 0.195 e. The average molecular weight is 245 g/mol. The van der Waals surface area contributed by atoms with Gasteiger partial charge in [-0.1, -0.05) is 6.92 Å². The fourth-order valence-corrected chi connectivity index (χ4v) is 0.924. The summed E-state index contributed by atoms with van der Waals surface area (Å²) in [6, 6.07) is 0. The first-order chi connectivity index (χ1) is 8.20. The Hall–Kier alpha value is -1.34. The van der Waals surface area contributed by atoms with Crippen LogP contribution in [0.4, 0.5) is 0 Å². The van der Waals surface area contributed by atoms with Gasteiger partial charge in [-0.2, -0.15) is 0 Å². The van der Waals surface area contributed by atoms with E-state index in [-0.39, 0.29) is 11.9 Å². The lowest BCUT2D eigenvalue weighted by Crippen LogP contribution is -2.41. The zero-order chi connectivity index (χ0) is 12.9. The van der Waals surface area contributed by atoms with E-state index in [1.54, 1.807) is 7.05 Å². The van der Waals surface area contributed by atoms with Crippen LogP contribution < -0.4 is 16.8 Å². The minimum atomic E-state index is 0.235. The van der Waals surface area contributed by atoms with Gasteiger partial charge in [0.05, 0.1) is 26.4 Å². The van der Waals surface area contributed by atoms with Gasteiger partial charge in [0.1, 0.15) is 0 Å². The molecule has 100 valence electrons. The molecule has 0 aromatic rings. The number of ether oxygens (including phenoxy) is 2. The van der Waals surface area contributed by atoms with E-state index in [0.717, 1.165) is 13.0 Å². The second kappa shape index (κ2) is 11.2. The first-order valence-electron chi connectivity index (χ1n) is 5.65. The van der Waals surface area contributed by atoms with E-state index < -0.39 is 0 Å². The molecule has 0 aromatic heterocycles. The Bertz CT molecular complexity index is 243. The van der Waals surface area contributed by atoms with Gasteiger partial charge in [0.2, 0.25) is 0 Å². The topological polar surface area (TPSA) is 107 Å². The molecule has 0 aliphatic rings. The maximum Gasteiger partial charge on any atom is 0.195 e. The molecule has 0 atom stereocenters. The van der Waals surface area contributed by atoms with E-state index in [2.05, 4.69) is 22.2 Å². The molecule has 0 amide bonds. The molecule has 0 aromatic carbocycles. The van der Waals surface area contributed by atoms with Gasteiger partial charge in [-0.05, 0) is 6.42 Å². The quantitative estimate of drug-likeness (QED) is 0.297. The molecule has 0 fully saturated rings. The molecule has 5 N–H and O–H groups in total. The summed E-state index contributed by atoms with van der Waals surface area (Å²) >= 11 is 0. The lowest BCUT2D eigenvalue weighted by molar-refractivity contribution is 0.0511. The first-order valence-corrected chi connectivity index (χ1v) is 5.65. The predicted molar refractivity (Wildman–Crippen MR) is 69.1 cm³/mol. The van der Waals surface area contributed by atoms with Gasteiger partial charge in [-0.3, -0.25) is 15.3 Å². The lowest BCUT2D eigenvalue weighted by Gasteiger charge is -2.05. The van der Waals surface area contributed by atoms with Crippen LogP contribution in [0.1, 0.15) is 13.3 Å². The number of hydrogen-bond acceptors (Lipinski definition) is 4. The zero-order valence-corrected chi connectivity index (χ0v) is 10.6. The molecule has 0 radical (unpaired) electrons. The monoisotopic (exact) mass is 245 g/mol. The summed E-state index contributed by atoms with van der Waals surface area (Å²) in [5, 5.41) is 2.62. The van der Waals surface area contributed by atoms with E-state index in [4.69, 9.17) is 20.9 Å². The van der Waals surface area contributed by atoms with Crippen LogP contribution in [-0.4, -0.2) is 51.9 Å². The van der Waals surface area contributed by atoms with Gasteiger partial charge >= 0.3 is 0 Å². The van der Waals surface area contributed by atoms with Crippen LogP contribution in [0, 0.1) is 0 Å². The maximum atomic E-state index is 5.53. The molecule has 0 rings (SSSR count). The molecule has 0 bridgehead atoms. The highest BCUT2D eigenvalue weighted by Gasteiger charge is 1.93. The summed E-state index contributed by atoms with van der Waals surface area (Å²) in [5.41, 5.74) is 10.9. The molecule has 0 saturated heterocycles. The third kappa shape index (κ3) is 10.9. The molecule has 17 heavy (non-hydrogen) atoms. The first kappa shape index (κ1) is 15.7. The summed E-state index contributed by atoms with van der Waals surface area (Å²) in [7, 11) is 1.56. The van der Waals surface area contributed by atoms with Gasteiger partial charge < -0.3 is 20.9 Å². The van der Waals surface area contributed by atoms with Gasteiger partial charge in [0.15, 0.2) is 11.9 Å². The Morgan fingerprint density at radius 2 is 1.71 bits per heavy atom. The van der Waals surface area contributed by atoms with Crippen molar-refractivity contribution in [2.45, 2.75) is 13.3 Å². The van der Waals surface area contributed by atoms with Crippen molar-refractivity contribution in [2.24, 2.45) is 21.5 Å². The summed E-state index contributed by atoms with van der Waals surface area (Å²) in [6.07, 6.45) is 1.02. The highest BCUT2D eigenvalue weighted by atomic mass is 16.5. The molecule has 0 heterocycles. The van der Waals surface area contributed by atoms with Crippen LogP contribution >= 0.6 is 0 Å². The Morgan fingerprint density at radius 1 is 1.06 bits per heavy atom. The standard InChI is InChI=1S/C10H23N5O2/c1-3-5-16-7-8-17-6-4-14-10(12)15-9(11)13-2/h3-8H2,1-2H3,(H5,11,12,13,14,15). The van der Waals surface area contributed by atoms with Crippen molar-refractivity contribution in [3.05, 3.63) is 0 Å². The SMILES string of the molecule is CCCOCCOCCN=C(N)NC(N)=NC. The third-order valence-electron chi connectivity index (χ3n) is 1.74. The van der Waals surface area contributed by atoms with E-state index in [0.29, 0.717) is 26.4 Å². The van der Waals surface area contributed by atoms with Crippen molar-refractivity contribution in [3.63, 3.8) is 0 Å². The molecular weight excluding hydrogens is 222 g/mol. The number of nitrogens with one attached hydrogen (secondary N) is 1. The second-order valence-electron chi connectivity index (χ2n) is 3.23. The van der Waals surface area contributed by atoms with Gasteiger partial charge in [-0.15, -0.1) is 0 Å². The Kier molecular flexibility index (Phi) is 10.3. The van der Waals surface area contributed by atoms with Crippen LogP contribution in [0.2, 0.25) is 0 Å². The highest BCUT2D eigenvalue weighted by molar-refractivity contribution is 5.96. The number of nitrogens with zero attached hydrogens (tertiary/aromatic N) is 2. The van der Waals surface area contributed by atoms with Gasteiger partial charge in [0.25, 0.3) is 0 Å². The fourth-order valence-electron chi connectivity index (χ4n) is 0.924. The molecule has 0 aliphatic carbocycles. The minimum Gasteiger partial charge on any atom is -0.379 e. The van der Waals surface area contributed by atoms with Crippen LogP contribution in [0.3, 0.4) is 0 Å². The van der Waals surface area contributed by atoms with Crippen molar-refractivity contribution in [1.82, 2.24) is 5.32 Å². The summed E-state index contributed by atoms with van der Waals surface area (Å²) in [4.78, 5) is 7.69. The van der Waals surface area contributed by atoms with Crippen molar-refractivity contribution in [2.75, 3.05) is 40.0 Å².